The number of aromatic nitrogens is 1. The van der Waals surface area contributed by atoms with Gasteiger partial charge in [-0.05, 0) is 35.6 Å². The smallest absolute Gasteiger partial charge is 0.306 e. The number of carbonyl (C=O) groups is 1. The summed E-state index contributed by atoms with van der Waals surface area (Å²) in [6, 6.07) is 11.3. The average Bonchev–Trinajstić information content (AvgIpc) is 3.26. The molecule has 1 N–H and O–H groups in total. The van der Waals surface area contributed by atoms with Gasteiger partial charge >= 0.3 is 10.1 Å². The number of nitrogens with one attached hydrogen (secondary N) is 1. The van der Waals surface area contributed by atoms with Gasteiger partial charge in [-0.15, -0.1) is 0 Å². The molecule has 0 radical (unpaired) electrons. The maximum absolute atomic E-state index is 13.2. The number of hydrogen-bond donors (Lipinski definition) is 1. The summed E-state index contributed by atoms with van der Waals surface area (Å²) in [4.78, 5) is 22.2. The van der Waals surface area contributed by atoms with Crippen LogP contribution < -0.4 is 9.50 Å². The van der Waals surface area contributed by atoms with Gasteiger partial charge in [-0.1, -0.05) is 57.7 Å². The van der Waals surface area contributed by atoms with Crippen LogP contribution in [0.3, 0.4) is 0 Å². The van der Waals surface area contributed by atoms with E-state index in [2.05, 4.69) is 20.1 Å². The van der Waals surface area contributed by atoms with Gasteiger partial charge in [0.15, 0.2) is 5.58 Å². The second kappa shape index (κ2) is 12.7. The second-order valence-electron chi connectivity index (χ2n) is 10.5. The zero-order valence-corrected chi connectivity index (χ0v) is 24.9. The van der Waals surface area contributed by atoms with Gasteiger partial charge in [-0.2, -0.15) is 8.42 Å². The number of amides is 1. The van der Waals surface area contributed by atoms with Gasteiger partial charge in [0.1, 0.15) is 11.3 Å². The third-order valence-corrected chi connectivity index (χ3v) is 7.97. The molecule has 9 nitrogen and oxygen atoms in total. The van der Waals surface area contributed by atoms with Gasteiger partial charge < -0.3 is 13.9 Å². The molecule has 1 aromatic heterocycles. The van der Waals surface area contributed by atoms with E-state index in [1.54, 1.807) is 17.8 Å². The Morgan fingerprint density at radius 2 is 1.74 bits per heavy atom. The Morgan fingerprint density at radius 3 is 2.38 bits per heavy atom. The molecule has 0 spiro atoms. The van der Waals surface area contributed by atoms with E-state index in [1.165, 1.54) is 0 Å². The molecule has 2 aromatic carbocycles. The third kappa shape index (κ3) is 7.97. The van der Waals surface area contributed by atoms with Crippen molar-refractivity contribution in [3.05, 3.63) is 47.5 Å². The molecule has 0 bridgehead atoms. The molecule has 1 aliphatic rings. The fraction of sp³-hybridized carbons (Fsp3) is 0.500. The molecule has 1 amide bonds. The van der Waals surface area contributed by atoms with Gasteiger partial charge in [0.25, 0.3) is 5.22 Å². The van der Waals surface area contributed by atoms with Crippen LogP contribution in [0.15, 0.2) is 46.0 Å². The molecular weight excluding hydrogens is 536 g/mol. The highest BCUT2D eigenvalue weighted by atomic mass is 32.2. The number of nitrogens with zero attached hydrogens (tertiary/aromatic N) is 3. The van der Waals surface area contributed by atoms with E-state index in [9.17, 15) is 13.2 Å². The fourth-order valence-corrected chi connectivity index (χ4v) is 6.08. The molecule has 3 aromatic rings. The van der Waals surface area contributed by atoms with Crippen LogP contribution in [-0.4, -0.2) is 80.4 Å². The molecule has 39 heavy (non-hydrogen) atoms. The summed E-state index contributed by atoms with van der Waals surface area (Å²) in [5.74, 6) is 1.12. The van der Waals surface area contributed by atoms with Gasteiger partial charge in [-0.25, -0.2) is 4.98 Å². The van der Waals surface area contributed by atoms with E-state index in [4.69, 9.17) is 8.60 Å². The zero-order chi connectivity index (χ0) is 28.2. The number of hydrogen-bond acceptors (Lipinski definition) is 9. The van der Waals surface area contributed by atoms with Crippen LogP contribution in [0.2, 0.25) is 0 Å². The lowest BCUT2D eigenvalue weighted by molar-refractivity contribution is -0.117. The largest absolute Gasteiger partial charge is 0.431 e. The van der Waals surface area contributed by atoms with Crippen LogP contribution in [0.25, 0.3) is 11.1 Å². The molecule has 4 rings (SSSR count). The minimum absolute atomic E-state index is 0.0491. The Balaban J connectivity index is 1.31. The average molecular weight is 575 g/mol. The molecule has 1 saturated heterocycles. The number of piperazine rings is 1. The van der Waals surface area contributed by atoms with Crippen molar-refractivity contribution in [1.82, 2.24) is 14.8 Å². The van der Waals surface area contributed by atoms with Crippen molar-refractivity contribution in [2.45, 2.75) is 44.8 Å². The Labute approximate surface area is 235 Å². The van der Waals surface area contributed by atoms with E-state index in [1.807, 2.05) is 58.0 Å². The summed E-state index contributed by atoms with van der Waals surface area (Å²) in [5.41, 5.74) is 3.99. The molecular formula is C28H38N4O5S2. The van der Waals surface area contributed by atoms with Crippen molar-refractivity contribution in [2.24, 2.45) is 0 Å². The Kier molecular flexibility index (Phi) is 9.58. The number of oxazole rings is 1. The highest BCUT2D eigenvalue weighted by Crippen LogP contribution is 2.39. The summed E-state index contributed by atoms with van der Waals surface area (Å²) in [6.45, 7) is 12.6. The Bertz CT molecular complexity index is 1360. The quantitative estimate of drug-likeness (QED) is 0.256. The van der Waals surface area contributed by atoms with Crippen molar-refractivity contribution >= 4 is 44.6 Å². The first kappa shape index (κ1) is 29.4. The SMILES string of the molecule is CC(C)c1ccc(OS(C)(=O)=O)c(C(C)C)c1NC(=O)CN1CCN(CCSc2nc3ccccc3o2)CC1. The van der Waals surface area contributed by atoms with Crippen LogP contribution in [0.5, 0.6) is 5.75 Å². The molecule has 1 fully saturated rings. The zero-order valence-electron chi connectivity index (χ0n) is 23.3. The molecule has 1 aliphatic heterocycles. The van der Waals surface area contributed by atoms with Crippen LogP contribution >= 0.6 is 11.8 Å². The summed E-state index contributed by atoms with van der Waals surface area (Å²) in [7, 11) is -3.70. The van der Waals surface area contributed by atoms with Crippen molar-refractivity contribution in [3.63, 3.8) is 0 Å². The standard InChI is InChI=1S/C28H38N4O5S2/c1-19(2)21-10-11-24(37-39(5,34)35)26(20(3)4)27(21)30-25(33)18-32-14-12-31(13-15-32)16-17-38-28-29-22-8-6-7-9-23(22)36-28/h6-11,19-20H,12-18H2,1-5H3,(H,30,33). The maximum Gasteiger partial charge on any atom is 0.306 e. The van der Waals surface area contributed by atoms with Crippen LogP contribution in [0.4, 0.5) is 5.69 Å². The van der Waals surface area contributed by atoms with E-state index in [0.29, 0.717) is 16.5 Å². The van der Waals surface area contributed by atoms with Crippen molar-refractivity contribution in [3.8, 4) is 5.75 Å². The number of fused-ring (bicyclic) bond motifs is 1. The predicted molar refractivity (Wildman–Crippen MR) is 156 cm³/mol. The molecule has 212 valence electrons. The lowest BCUT2D eigenvalue weighted by atomic mass is 9.91. The van der Waals surface area contributed by atoms with E-state index in [0.717, 1.165) is 61.4 Å². The van der Waals surface area contributed by atoms with Crippen LogP contribution in [-0.2, 0) is 14.9 Å². The molecule has 0 saturated carbocycles. The summed E-state index contributed by atoms with van der Waals surface area (Å²) < 4.78 is 34.8. The molecule has 0 atom stereocenters. The first-order chi connectivity index (χ1) is 18.5. The third-order valence-electron chi connectivity index (χ3n) is 6.68. The van der Waals surface area contributed by atoms with Gasteiger partial charge in [-0.3, -0.25) is 14.6 Å². The monoisotopic (exact) mass is 574 g/mol. The molecule has 0 unspecified atom stereocenters. The van der Waals surface area contributed by atoms with Gasteiger partial charge in [0.2, 0.25) is 5.91 Å². The highest BCUT2D eigenvalue weighted by molar-refractivity contribution is 7.99. The lowest BCUT2D eigenvalue weighted by Crippen LogP contribution is -2.49. The fourth-order valence-electron chi connectivity index (χ4n) is 4.77. The molecule has 11 heteroatoms. The topological polar surface area (TPSA) is 105 Å². The number of carbonyl (C=O) groups excluding carboxylic acids is 1. The minimum Gasteiger partial charge on any atom is -0.431 e. The Hall–Kier alpha value is -2.60. The van der Waals surface area contributed by atoms with Crippen LogP contribution in [0.1, 0.15) is 50.7 Å². The normalized spacial score (nSPS) is 15.4. The number of para-hydroxylation sites is 2. The summed E-state index contributed by atoms with van der Waals surface area (Å²) in [5, 5.41) is 3.79. The lowest BCUT2D eigenvalue weighted by Gasteiger charge is -2.34. The molecule has 0 aliphatic carbocycles. The van der Waals surface area contributed by atoms with E-state index >= 15 is 0 Å². The summed E-state index contributed by atoms with van der Waals surface area (Å²) >= 11 is 1.62. The highest BCUT2D eigenvalue weighted by Gasteiger charge is 2.24. The van der Waals surface area contributed by atoms with Crippen molar-refractivity contribution in [1.29, 1.82) is 0 Å². The number of benzene rings is 2. The number of thioether (sulfide) groups is 1. The molecule has 2 heterocycles. The van der Waals surface area contributed by atoms with Crippen molar-refractivity contribution < 1.29 is 21.8 Å². The second-order valence-corrected chi connectivity index (χ2v) is 13.1. The minimum atomic E-state index is -3.70. The van der Waals surface area contributed by atoms with Gasteiger partial charge in [0.05, 0.1) is 18.5 Å². The number of anilines is 1. The van der Waals surface area contributed by atoms with E-state index < -0.39 is 10.1 Å². The Morgan fingerprint density at radius 1 is 1.05 bits per heavy atom. The van der Waals surface area contributed by atoms with E-state index in [-0.39, 0.29) is 30.0 Å². The first-order valence-corrected chi connectivity index (χ1v) is 16.1. The summed E-state index contributed by atoms with van der Waals surface area (Å²) in [6.07, 6.45) is 1.03. The maximum atomic E-state index is 13.2. The van der Waals surface area contributed by atoms with Crippen LogP contribution in [0, 0.1) is 0 Å². The van der Waals surface area contributed by atoms with Gasteiger partial charge in [0, 0.05) is 44.0 Å². The van der Waals surface area contributed by atoms with Crippen molar-refractivity contribution in [2.75, 3.05) is 56.6 Å². The first-order valence-electron chi connectivity index (χ1n) is 13.3. The number of rotatable bonds is 11. The predicted octanol–water partition coefficient (Wildman–Crippen LogP) is 4.76.